The molecule has 0 bridgehead atoms. The molecule has 0 unspecified atom stereocenters. The van der Waals surface area contributed by atoms with Gasteiger partial charge in [-0.3, -0.25) is 0 Å². The number of sulfonamides is 1. The molecular weight excluding hydrogens is 286 g/mol. The largest absolute Gasteiger partial charge is 0.218 e. The first kappa shape index (κ1) is 15.5. The van der Waals surface area contributed by atoms with Crippen LogP contribution in [0, 0.1) is 28.1 Å². The molecule has 21 heavy (non-hydrogen) atoms. The van der Waals surface area contributed by atoms with E-state index in [9.17, 15) is 8.42 Å². The standard InChI is InChI=1S/C15H17N3O2S/c1-15(12-17)6-8-18(9-7-15)21(19,20)11-14-5-3-2-4-13(14)10-16/h2-5H,6-9,11H2,1H3. The second-order valence-corrected chi connectivity index (χ2v) is 7.57. The minimum absolute atomic E-state index is 0.167. The molecule has 1 aromatic rings. The Morgan fingerprint density at radius 2 is 1.86 bits per heavy atom. The van der Waals surface area contributed by atoms with Crippen molar-refractivity contribution in [3.8, 4) is 12.1 Å². The summed E-state index contributed by atoms with van der Waals surface area (Å²) in [5.41, 5.74) is 0.477. The lowest BCUT2D eigenvalue weighted by atomic mass is 9.83. The van der Waals surface area contributed by atoms with E-state index in [4.69, 9.17) is 10.5 Å². The lowest BCUT2D eigenvalue weighted by molar-refractivity contribution is 0.232. The van der Waals surface area contributed by atoms with Crippen LogP contribution in [0.15, 0.2) is 24.3 Å². The molecule has 0 N–H and O–H groups in total. The van der Waals surface area contributed by atoms with E-state index >= 15 is 0 Å². The molecule has 0 atom stereocenters. The summed E-state index contributed by atoms with van der Waals surface area (Å²) in [5.74, 6) is -0.167. The third kappa shape index (κ3) is 3.41. The lowest BCUT2D eigenvalue weighted by Gasteiger charge is -2.34. The molecule has 2 rings (SSSR count). The molecule has 1 aliphatic heterocycles. The highest BCUT2D eigenvalue weighted by atomic mass is 32.2. The maximum Gasteiger partial charge on any atom is 0.218 e. The molecule has 1 fully saturated rings. The Balaban J connectivity index is 2.14. The van der Waals surface area contributed by atoms with Gasteiger partial charge < -0.3 is 0 Å². The normalized spacial score (nSPS) is 18.6. The number of benzene rings is 1. The maximum atomic E-state index is 12.5. The van der Waals surface area contributed by atoms with E-state index in [0.717, 1.165) is 0 Å². The summed E-state index contributed by atoms with van der Waals surface area (Å²) >= 11 is 0. The molecule has 5 nitrogen and oxygen atoms in total. The van der Waals surface area contributed by atoms with Gasteiger partial charge >= 0.3 is 0 Å². The van der Waals surface area contributed by atoms with Crippen LogP contribution in [0.2, 0.25) is 0 Å². The van der Waals surface area contributed by atoms with Crippen LogP contribution in [0.5, 0.6) is 0 Å². The SMILES string of the molecule is CC1(C#N)CCN(S(=O)(=O)Cc2ccccc2C#N)CC1. The van der Waals surface area contributed by atoms with Crippen LogP contribution in [-0.4, -0.2) is 25.8 Å². The van der Waals surface area contributed by atoms with Crippen molar-refractivity contribution < 1.29 is 8.42 Å². The predicted octanol–water partition coefficient (Wildman–Crippen LogP) is 2.01. The van der Waals surface area contributed by atoms with Crippen LogP contribution in [0.1, 0.15) is 30.9 Å². The molecule has 1 aromatic carbocycles. The van der Waals surface area contributed by atoms with Crippen LogP contribution >= 0.6 is 0 Å². The Morgan fingerprint density at radius 3 is 2.43 bits per heavy atom. The second kappa shape index (κ2) is 5.85. The monoisotopic (exact) mass is 303 g/mol. The van der Waals surface area contributed by atoms with E-state index in [1.165, 1.54) is 4.31 Å². The van der Waals surface area contributed by atoms with Gasteiger partial charge in [0.2, 0.25) is 10.0 Å². The predicted molar refractivity (Wildman–Crippen MR) is 78.3 cm³/mol. The molecule has 110 valence electrons. The molecule has 0 amide bonds. The number of hydrogen-bond acceptors (Lipinski definition) is 4. The molecule has 0 spiro atoms. The van der Waals surface area contributed by atoms with Crippen LogP contribution in [0.25, 0.3) is 0 Å². The smallest absolute Gasteiger partial charge is 0.212 e. The molecular formula is C15H17N3O2S. The Bertz CT molecular complexity index is 705. The van der Waals surface area contributed by atoms with Crippen molar-refractivity contribution in [2.24, 2.45) is 5.41 Å². The summed E-state index contributed by atoms with van der Waals surface area (Å²) in [4.78, 5) is 0. The fourth-order valence-electron chi connectivity index (χ4n) is 2.41. The van der Waals surface area contributed by atoms with Gasteiger partial charge in [-0.05, 0) is 31.4 Å². The molecule has 0 aliphatic carbocycles. The van der Waals surface area contributed by atoms with Gasteiger partial charge in [-0.25, -0.2) is 12.7 Å². The van der Waals surface area contributed by atoms with Gasteiger partial charge in [0.05, 0.1) is 28.9 Å². The number of hydrogen-bond donors (Lipinski definition) is 0. The first-order valence-electron chi connectivity index (χ1n) is 6.77. The average Bonchev–Trinajstić information content (AvgIpc) is 2.48. The molecule has 0 radical (unpaired) electrons. The van der Waals surface area contributed by atoms with E-state index in [0.29, 0.717) is 37.1 Å². The summed E-state index contributed by atoms with van der Waals surface area (Å²) in [5, 5.41) is 18.1. The average molecular weight is 303 g/mol. The van der Waals surface area contributed by atoms with E-state index in [1.807, 2.05) is 13.0 Å². The van der Waals surface area contributed by atoms with Gasteiger partial charge in [0, 0.05) is 13.1 Å². The van der Waals surface area contributed by atoms with Crippen molar-refractivity contribution in [1.82, 2.24) is 4.31 Å². The van der Waals surface area contributed by atoms with Crippen molar-refractivity contribution in [3.63, 3.8) is 0 Å². The van der Waals surface area contributed by atoms with E-state index in [1.54, 1.807) is 24.3 Å². The Kier molecular flexibility index (Phi) is 4.32. The topological polar surface area (TPSA) is 85.0 Å². The van der Waals surface area contributed by atoms with Crippen molar-refractivity contribution in [2.45, 2.75) is 25.5 Å². The quantitative estimate of drug-likeness (QED) is 0.855. The van der Waals surface area contributed by atoms with Gasteiger partial charge in [-0.2, -0.15) is 10.5 Å². The number of piperidine rings is 1. The minimum atomic E-state index is -3.45. The zero-order valence-electron chi connectivity index (χ0n) is 11.9. The van der Waals surface area contributed by atoms with Gasteiger partial charge in [0.15, 0.2) is 0 Å². The summed E-state index contributed by atoms with van der Waals surface area (Å²) in [6, 6.07) is 11.0. The third-order valence-electron chi connectivity index (χ3n) is 3.96. The molecule has 1 saturated heterocycles. The van der Waals surface area contributed by atoms with Gasteiger partial charge in [0.25, 0.3) is 0 Å². The minimum Gasteiger partial charge on any atom is -0.212 e. The van der Waals surface area contributed by atoms with E-state index in [2.05, 4.69) is 6.07 Å². The van der Waals surface area contributed by atoms with Crippen molar-refractivity contribution in [2.75, 3.05) is 13.1 Å². The number of nitriles is 2. The maximum absolute atomic E-state index is 12.5. The van der Waals surface area contributed by atoms with Crippen LogP contribution in [0.3, 0.4) is 0 Å². The summed E-state index contributed by atoms with van der Waals surface area (Å²) in [7, 11) is -3.45. The number of rotatable bonds is 3. The fourth-order valence-corrected chi connectivity index (χ4v) is 3.98. The molecule has 0 saturated carbocycles. The third-order valence-corrected chi connectivity index (χ3v) is 5.79. The van der Waals surface area contributed by atoms with Crippen LogP contribution < -0.4 is 0 Å². The zero-order valence-corrected chi connectivity index (χ0v) is 12.7. The first-order chi connectivity index (χ1) is 9.90. The van der Waals surface area contributed by atoms with Crippen LogP contribution in [0.4, 0.5) is 0 Å². The summed E-state index contributed by atoms with van der Waals surface area (Å²) < 4.78 is 26.3. The van der Waals surface area contributed by atoms with Crippen molar-refractivity contribution in [3.05, 3.63) is 35.4 Å². The lowest BCUT2D eigenvalue weighted by Crippen LogP contribution is -2.42. The molecule has 0 aromatic heterocycles. The first-order valence-corrected chi connectivity index (χ1v) is 8.38. The highest BCUT2D eigenvalue weighted by molar-refractivity contribution is 7.88. The van der Waals surface area contributed by atoms with Gasteiger partial charge in [0.1, 0.15) is 0 Å². The zero-order chi connectivity index (χ0) is 15.5. The van der Waals surface area contributed by atoms with Crippen molar-refractivity contribution in [1.29, 1.82) is 10.5 Å². The summed E-state index contributed by atoms with van der Waals surface area (Å²) in [6.07, 6.45) is 1.09. The number of nitrogens with zero attached hydrogens (tertiary/aromatic N) is 3. The fraction of sp³-hybridized carbons (Fsp3) is 0.467. The van der Waals surface area contributed by atoms with E-state index in [-0.39, 0.29) is 5.75 Å². The van der Waals surface area contributed by atoms with E-state index < -0.39 is 15.4 Å². The Morgan fingerprint density at radius 1 is 1.24 bits per heavy atom. The Labute approximate surface area is 125 Å². The Hall–Kier alpha value is -1.89. The molecule has 1 heterocycles. The molecule has 6 heteroatoms. The van der Waals surface area contributed by atoms with Crippen molar-refractivity contribution >= 4 is 10.0 Å². The van der Waals surface area contributed by atoms with Gasteiger partial charge in [-0.1, -0.05) is 18.2 Å². The summed E-state index contributed by atoms with van der Waals surface area (Å²) in [6.45, 7) is 2.59. The molecule has 1 aliphatic rings. The van der Waals surface area contributed by atoms with Crippen LogP contribution in [-0.2, 0) is 15.8 Å². The second-order valence-electron chi connectivity index (χ2n) is 5.60. The highest BCUT2D eigenvalue weighted by Gasteiger charge is 2.34. The van der Waals surface area contributed by atoms with Gasteiger partial charge in [-0.15, -0.1) is 0 Å². The highest BCUT2D eigenvalue weighted by Crippen LogP contribution is 2.31.